The third-order valence-corrected chi connectivity index (χ3v) is 3.04. The summed E-state index contributed by atoms with van der Waals surface area (Å²) in [7, 11) is 0. The van der Waals surface area contributed by atoms with Crippen LogP contribution < -0.4 is 5.73 Å². The van der Waals surface area contributed by atoms with E-state index in [2.05, 4.69) is 34.1 Å². The van der Waals surface area contributed by atoms with Crippen LogP contribution in [0.3, 0.4) is 0 Å². The smallest absolute Gasteiger partial charge is 0.0272 e. The fraction of sp³-hybridized carbons (Fsp3) is 0.167. The molecule has 0 fully saturated rings. The summed E-state index contributed by atoms with van der Waals surface area (Å²) in [6.45, 7) is 2.01. The highest BCUT2D eigenvalue weighted by atomic mass is 79.9. The molecule has 0 aliphatic rings. The zero-order valence-electron chi connectivity index (χ0n) is 8.00. The van der Waals surface area contributed by atoms with Gasteiger partial charge in [0.15, 0.2) is 0 Å². The van der Waals surface area contributed by atoms with Crippen molar-refractivity contribution in [2.24, 2.45) is 5.73 Å². The predicted molar refractivity (Wildman–Crippen MR) is 64.3 cm³/mol. The molecule has 0 saturated carbocycles. The Kier molecular flexibility index (Phi) is 2.57. The molecule has 0 unspecified atom stereocenters. The van der Waals surface area contributed by atoms with E-state index in [1.807, 2.05) is 25.1 Å². The molecule has 0 bridgehead atoms. The number of benzene rings is 2. The predicted octanol–water partition coefficient (Wildman–Crippen LogP) is 3.62. The van der Waals surface area contributed by atoms with Crippen LogP contribution in [0.4, 0.5) is 0 Å². The summed E-state index contributed by atoms with van der Waals surface area (Å²) in [4.78, 5) is 0. The van der Waals surface area contributed by atoms with Gasteiger partial charge in [0.2, 0.25) is 0 Å². The largest absolute Gasteiger partial charge is 0.324 e. The summed E-state index contributed by atoms with van der Waals surface area (Å²) in [6.07, 6.45) is 0. The van der Waals surface area contributed by atoms with Crippen LogP contribution in [0, 0.1) is 0 Å². The van der Waals surface area contributed by atoms with E-state index in [9.17, 15) is 0 Å². The van der Waals surface area contributed by atoms with Crippen molar-refractivity contribution in [1.29, 1.82) is 0 Å². The molecule has 0 aromatic heterocycles. The van der Waals surface area contributed by atoms with Gasteiger partial charge in [-0.05, 0) is 23.9 Å². The van der Waals surface area contributed by atoms with E-state index in [0.717, 1.165) is 4.47 Å². The Labute approximate surface area is 92.1 Å². The summed E-state index contributed by atoms with van der Waals surface area (Å²) in [5.41, 5.74) is 7.12. The zero-order valence-corrected chi connectivity index (χ0v) is 9.58. The minimum absolute atomic E-state index is 0.0670. The fourth-order valence-corrected chi connectivity index (χ4v) is 2.31. The van der Waals surface area contributed by atoms with Gasteiger partial charge in [-0.25, -0.2) is 0 Å². The Morgan fingerprint density at radius 3 is 2.43 bits per heavy atom. The molecule has 0 amide bonds. The first-order valence-corrected chi connectivity index (χ1v) is 5.42. The van der Waals surface area contributed by atoms with E-state index >= 15 is 0 Å². The van der Waals surface area contributed by atoms with E-state index in [1.54, 1.807) is 0 Å². The van der Waals surface area contributed by atoms with Crippen molar-refractivity contribution in [3.63, 3.8) is 0 Å². The molecule has 14 heavy (non-hydrogen) atoms. The second-order valence-corrected chi connectivity index (χ2v) is 4.33. The molecular formula is C12H12BrN. The fourth-order valence-electron chi connectivity index (χ4n) is 1.70. The SMILES string of the molecule is C[C@@H](N)c1cccc2cccc(Br)c12. The van der Waals surface area contributed by atoms with Gasteiger partial charge in [-0.2, -0.15) is 0 Å². The van der Waals surface area contributed by atoms with Crippen molar-refractivity contribution in [1.82, 2.24) is 0 Å². The molecule has 0 aliphatic carbocycles. The Bertz CT molecular complexity index is 458. The first-order chi connectivity index (χ1) is 6.70. The molecule has 2 N–H and O–H groups in total. The summed E-state index contributed by atoms with van der Waals surface area (Å²) in [5, 5.41) is 2.46. The minimum Gasteiger partial charge on any atom is -0.324 e. The standard InChI is InChI=1S/C12H12BrN/c1-8(14)10-6-2-4-9-5-3-7-11(13)12(9)10/h2-8H,14H2,1H3/t8-/m1/s1. The average molecular weight is 250 g/mol. The van der Waals surface area contributed by atoms with Crippen molar-refractivity contribution in [2.45, 2.75) is 13.0 Å². The highest BCUT2D eigenvalue weighted by Crippen LogP contribution is 2.29. The van der Waals surface area contributed by atoms with Gasteiger partial charge in [0.05, 0.1) is 0 Å². The van der Waals surface area contributed by atoms with E-state index in [-0.39, 0.29) is 6.04 Å². The quantitative estimate of drug-likeness (QED) is 0.821. The first kappa shape index (κ1) is 9.69. The van der Waals surface area contributed by atoms with Crippen LogP contribution in [0.1, 0.15) is 18.5 Å². The Hall–Kier alpha value is -0.860. The van der Waals surface area contributed by atoms with Gasteiger partial charge in [-0.15, -0.1) is 0 Å². The van der Waals surface area contributed by atoms with Crippen molar-refractivity contribution >= 4 is 26.7 Å². The summed E-state index contributed by atoms with van der Waals surface area (Å²) in [6, 6.07) is 12.5. The zero-order chi connectivity index (χ0) is 10.1. The Morgan fingerprint density at radius 1 is 1.14 bits per heavy atom. The monoisotopic (exact) mass is 249 g/mol. The van der Waals surface area contributed by atoms with Gasteiger partial charge < -0.3 is 5.73 Å². The van der Waals surface area contributed by atoms with Gasteiger partial charge in [0.1, 0.15) is 0 Å². The number of nitrogens with two attached hydrogens (primary N) is 1. The topological polar surface area (TPSA) is 26.0 Å². The van der Waals surface area contributed by atoms with Crippen molar-refractivity contribution in [3.8, 4) is 0 Å². The number of halogens is 1. The second kappa shape index (κ2) is 3.71. The number of hydrogen-bond donors (Lipinski definition) is 1. The molecule has 72 valence electrons. The molecule has 0 radical (unpaired) electrons. The molecule has 2 aromatic rings. The van der Waals surface area contributed by atoms with Crippen LogP contribution in [0.5, 0.6) is 0 Å². The molecular weight excluding hydrogens is 238 g/mol. The van der Waals surface area contributed by atoms with Crippen LogP contribution in [0.2, 0.25) is 0 Å². The van der Waals surface area contributed by atoms with Crippen LogP contribution in [-0.2, 0) is 0 Å². The highest BCUT2D eigenvalue weighted by molar-refractivity contribution is 9.10. The third kappa shape index (κ3) is 1.56. The van der Waals surface area contributed by atoms with E-state index in [0.29, 0.717) is 0 Å². The number of hydrogen-bond acceptors (Lipinski definition) is 1. The highest BCUT2D eigenvalue weighted by Gasteiger charge is 2.06. The molecule has 2 aromatic carbocycles. The molecule has 2 heteroatoms. The molecule has 0 aliphatic heterocycles. The van der Waals surface area contributed by atoms with Crippen LogP contribution in [0.15, 0.2) is 40.9 Å². The van der Waals surface area contributed by atoms with E-state index < -0.39 is 0 Å². The van der Waals surface area contributed by atoms with E-state index in [1.165, 1.54) is 16.3 Å². The van der Waals surface area contributed by atoms with Gasteiger partial charge in [0, 0.05) is 15.9 Å². The normalized spacial score (nSPS) is 13.1. The third-order valence-electron chi connectivity index (χ3n) is 2.38. The lowest BCUT2D eigenvalue weighted by atomic mass is 10.0. The summed E-state index contributed by atoms with van der Waals surface area (Å²) >= 11 is 3.56. The Balaban J connectivity index is 2.84. The average Bonchev–Trinajstić information content (AvgIpc) is 2.17. The van der Waals surface area contributed by atoms with Crippen LogP contribution in [-0.4, -0.2) is 0 Å². The van der Waals surface area contributed by atoms with Gasteiger partial charge >= 0.3 is 0 Å². The molecule has 0 spiro atoms. The lowest BCUT2D eigenvalue weighted by Gasteiger charge is -2.11. The minimum atomic E-state index is 0.0670. The van der Waals surface area contributed by atoms with Gasteiger partial charge in [-0.1, -0.05) is 46.3 Å². The maximum Gasteiger partial charge on any atom is 0.0272 e. The molecule has 2 rings (SSSR count). The molecule has 1 nitrogen and oxygen atoms in total. The maximum absolute atomic E-state index is 5.93. The maximum atomic E-state index is 5.93. The number of rotatable bonds is 1. The van der Waals surface area contributed by atoms with Gasteiger partial charge in [0.25, 0.3) is 0 Å². The number of fused-ring (bicyclic) bond motifs is 1. The lowest BCUT2D eigenvalue weighted by molar-refractivity contribution is 0.826. The second-order valence-electron chi connectivity index (χ2n) is 3.47. The Morgan fingerprint density at radius 2 is 1.79 bits per heavy atom. The summed E-state index contributed by atoms with van der Waals surface area (Å²) in [5.74, 6) is 0. The van der Waals surface area contributed by atoms with Crippen molar-refractivity contribution < 1.29 is 0 Å². The summed E-state index contributed by atoms with van der Waals surface area (Å²) < 4.78 is 1.11. The van der Waals surface area contributed by atoms with Crippen molar-refractivity contribution in [3.05, 3.63) is 46.4 Å². The van der Waals surface area contributed by atoms with Crippen LogP contribution in [0.25, 0.3) is 10.8 Å². The molecule has 1 atom stereocenters. The molecule has 0 saturated heterocycles. The first-order valence-electron chi connectivity index (χ1n) is 4.63. The van der Waals surface area contributed by atoms with Gasteiger partial charge in [-0.3, -0.25) is 0 Å². The van der Waals surface area contributed by atoms with E-state index in [4.69, 9.17) is 5.73 Å². The lowest BCUT2D eigenvalue weighted by Crippen LogP contribution is -2.05. The molecule has 0 heterocycles. The van der Waals surface area contributed by atoms with Crippen LogP contribution >= 0.6 is 15.9 Å². The van der Waals surface area contributed by atoms with Crippen molar-refractivity contribution in [2.75, 3.05) is 0 Å².